The van der Waals surface area contributed by atoms with E-state index in [0.29, 0.717) is 22.8 Å². The van der Waals surface area contributed by atoms with Gasteiger partial charge in [0.1, 0.15) is 41.8 Å². The van der Waals surface area contributed by atoms with Gasteiger partial charge in [-0.3, -0.25) is 14.5 Å². The number of aliphatic hydroxyl groups excluding tert-OH is 1. The first kappa shape index (κ1) is 28.3. The number of nitrogens with zero attached hydrogens (tertiary/aromatic N) is 1. The van der Waals surface area contributed by atoms with E-state index in [2.05, 4.69) is 5.32 Å². The minimum Gasteiger partial charge on any atom is -0.497 e. The molecular formula is C31H30N2O7S. The molecule has 0 aromatic heterocycles. The summed E-state index contributed by atoms with van der Waals surface area (Å²) in [6.07, 6.45) is 0.156. The van der Waals surface area contributed by atoms with E-state index < -0.39 is 17.4 Å². The molecule has 10 heteroatoms. The van der Waals surface area contributed by atoms with Crippen molar-refractivity contribution in [1.82, 2.24) is 10.2 Å². The number of carbonyl (C=O) groups is 3. The van der Waals surface area contributed by atoms with Crippen molar-refractivity contribution < 1.29 is 33.7 Å². The normalized spacial score (nSPS) is 17.8. The van der Waals surface area contributed by atoms with Crippen LogP contribution in [0.1, 0.15) is 16.7 Å². The number of aliphatic hydroxyl groups is 1. The number of methoxy groups -OCH3 is 1. The maximum absolute atomic E-state index is 13.4. The Kier molecular flexibility index (Phi) is 8.91. The molecule has 41 heavy (non-hydrogen) atoms. The summed E-state index contributed by atoms with van der Waals surface area (Å²) in [7, 11) is 1.57. The molecule has 1 fully saturated rings. The summed E-state index contributed by atoms with van der Waals surface area (Å²) in [6, 6.07) is 22.7. The second-order valence-electron chi connectivity index (χ2n) is 9.58. The molecule has 212 valence electrons. The van der Waals surface area contributed by atoms with Gasteiger partial charge in [-0.15, -0.1) is 11.8 Å². The fourth-order valence-electron chi connectivity index (χ4n) is 4.59. The smallest absolute Gasteiger partial charge is 0.355 e. The number of rotatable bonds is 11. The molecule has 2 heterocycles. The van der Waals surface area contributed by atoms with Crippen LogP contribution in [0.4, 0.5) is 0 Å². The highest BCUT2D eigenvalue weighted by Gasteiger charge is 2.54. The molecule has 2 N–H and O–H groups in total. The number of esters is 1. The first-order valence-electron chi connectivity index (χ1n) is 13.1. The largest absolute Gasteiger partial charge is 0.497 e. The maximum atomic E-state index is 13.4. The molecule has 0 aliphatic carbocycles. The molecule has 2 amide bonds. The zero-order valence-electron chi connectivity index (χ0n) is 22.4. The van der Waals surface area contributed by atoms with Gasteiger partial charge in [0.25, 0.3) is 5.91 Å². The van der Waals surface area contributed by atoms with Gasteiger partial charge in [-0.1, -0.05) is 54.6 Å². The molecule has 2 aliphatic heterocycles. The number of ether oxygens (including phenoxy) is 3. The Balaban J connectivity index is 1.31. The van der Waals surface area contributed by atoms with Gasteiger partial charge in [-0.2, -0.15) is 0 Å². The average Bonchev–Trinajstić information content (AvgIpc) is 3.02. The Morgan fingerprint density at radius 3 is 2.29 bits per heavy atom. The fourth-order valence-corrected chi connectivity index (χ4v) is 5.92. The first-order chi connectivity index (χ1) is 20.0. The third-order valence-corrected chi connectivity index (χ3v) is 8.15. The summed E-state index contributed by atoms with van der Waals surface area (Å²) in [5.74, 6) is 0.401. The van der Waals surface area contributed by atoms with Gasteiger partial charge in [-0.05, 0) is 41.0 Å². The quantitative estimate of drug-likeness (QED) is 0.265. The zero-order valence-corrected chi connectivity index (χ0v) is 23.3. The number of thioether (sulfide) groups is 1. The highest BCUT2D eigenvalue weighted by Crippen LogP contribution is 2.41. The Labute approximate surface area is 242 Å². The number of amides is 2. The Morgan fingerprint density at radius 1 is 0.927 bits per heavy atom. The van der Waals surface area contributed by atoms with Crippen LogP contribution >= 0.6 is 11.8 Å². The van der Waals surface area contributed by atoms with Crippen LogP contribution in [0.25, 0.3) is 0 Å². The second-order valence-corrected chi connectivity index (χ2v) is 10.7. The van der Waals surface area contributed by atoms with E-state index in [1.807, 2.05) is 30.3 Å². The van der Waals surface area contributed by atoms with E-state index >= 15 is 0 Å². The lowest BCUT2D eigenvalue weighted by atomic mass is 10.0. The van der Waals surface area contributed by atoms with Crippen LogP contribution in [-0.2, 0) is 38.8 Å². The topological polar surface area (TPSA) is 114 Å². The van der Waals surface area contributed by atoms with Crippen molar-refractivity contribution in [2.45, 2.75) is 31.1 Å². The number of carbonyl (C=O) groups excluding carboxylic acids is 3. The SMILES string of the molecule is COc1ccc(COC(=O)C2=C(COc3ccc(CO)cc3)CSC3C(NC(=O)Cc4ccccc4)C(=O)N23)cc1. The van der Waals surface area contributed by atoms with Crippen molar-refractivity contribution in [3.63, 3.8) is 0 Å². The predicted molar refractivity (Wildman–Crippen MR) is 153 cm³/mol. The summed E-state index contributed by atoms with van der Waals surface area (Å²) in [4.78, 5) is 40.8. The lowest BCUT2D eigenvalue weighted by Gasteiger charge is -2.49. The molecule has 0 bridgehead atoms. The highest BCUT2D eigenvalue weighted by atomic mass is 32.2. The molecular weight excluding hydrogens is 544 g/mol. The molecule has 1 saturated heterocycles. The van der Waals surface area contributed by atoms with Crippen LogP contribution in [0.5, 0.6) is 11.5 Å². The standard InChI is InChI=1S/C31H30N2O7S/c1-38-24-11-9-22(10-12-24)17-40-31(37)28-23(18-39-25-13-7-21(16-34)8-14-25)19-41-30-27(29(36)33(28)30)32-26(35)15-20-5-3-2-4-6-20/h2-14,27,30,34H,15-19H2,1H3,(H,32,35). The molecule has 2 unspecified atom stereocenters. The van der Waals surface area contributed by atoms with Crippen molar-refractivity contribution in [2.75, 3.05) is 19.5 Å². The molecule has 0 saturated carbocycles. The van der Waals surface area contributed by atoms with E-state index in [1.165, 1.54) is 16.7 Å². The molecule has 2 atom stereocenters. The summed E-state index contributed by atoms with van der Waals surface area (Å²) in [5, 5.41) is 11.7. The molecule has 0 spiro atoms. The van der Waals surface area contributed by atoms with Crippen LogP contribution in [0.3, 0.4) is 0 Å². The summed E-state index contributed by atoms with van der Waals surface area (Å²) >= 11 is 1.46. The van der Waals surface area contributed by atoms with Gasteiger partial charge in [-0.25, -0.2) is 4.79 Å². The van der Waals surface area contributed by atoms with E-state index in [9.17, 15) is 19.5 Å². The van der Waals surface area contributed by atoms with Gasteiger partial charge in [0, 0.05) is 11.3 Å². The highest BCUT2D eigenvalue weighted by molar-refractivity contribution is 8.00. The van der Waals surface area contributed by atoms with Crippen molar-refractivity contribution >= 4 is 29.5 Å². The van der Waals surface area contributed by atoms with Gasteiger partial charge in [0.2, 0.25) is 5.91 Å². The first-order valence-corrected chi connectivity index (χ1v) is 14.1. The lowest BCUT2D eigenvalue weighted by Crippen LogP contribution is -2.70. The minimum absolute atomic E-state index is 0.0141. The Bertz CT molecular complexity index is 1430. The summed E-state index contributed by atoms with van der Waals surface area (Å²) in [5.41, 5.74) is 3.12. The second kappa shape index (κ2) is 12.9. The van der Waals surface area contributed by atoms with Crippen LogP contribution in [-0.4, -0.2) is 58.7 Å². The van der Waals surface area contributed by atoms with Gasteiger partial charge in [0.05, 0.1) is 20.1 Å². The third kappa shape index (κ3) is 6.55. The van der Waals surface area contributed by atoms with Gasteiger partial charge < -0.3 is 24.6 Å². The number of hydrogen-bond acceptors (Lipinski definition) is 8. The van der Waals surface area contributed by atoms with Crippen LogP contribution in [0.15, 0.2) is 90.1 Å². The maximum Gasteiger partial charge on any atom is 0.355 e. The van der Waals surface area contributed by atoms with E-state index in [1.54, 1.807) is 55.6 Å². The van der Waals surface area contributed by atoms with E-state index in [0.717, 1.165) is 16.7 Å². The fraction of sp³-hybridized carbons (Fsp3) is 0.258. The molecule has 9 nitrogen and oxygen atoms in total. The number of nitrogens with one attached hydrogen (secondary N) is 1. The monoisotopic (exact) mass is 574 g/mol. The van der Waals surface area contributed by atoms with Crippen LogP contribution in [0.2, 0.25) is 0 Å². The van der Waals surface area contributed by atoms with Crippen molar-refractivity contribution in [1.29, 1.82) is 0 Å². The number of benzene rings is 3. The van der Waals surface area contributed by atoms with E-state index in [4.69, 9.17) is 14.2 Å². The number of fused-ring (bicyclic) bond motifs is 1. The zero-order chi connectivity index (χ0) is 28.8. The van der Waals surface area contributed by atoms with Crippen molar-refractivity contribution in [3.8, 4) is 11.5 Å². The average molecular weight is 575 g/mol. The molecule has 3 aromatic rings. The lowest BCUT2D eigenvalue weighted by molar-refractivity contribution is -0.153. The molecule has 5 rings (SSSR count). The van der Waals surface area contributed by atoms with Crippen molar-refractivity contribution in [3.05, 3.63) is 107 Å². The minimum atomic E-state index is -0.742. The van der Waals surface area contributed by atoms with Crippen LogP contribution in [0, 0.1) is 0 Å². The predicted octanol–water partition coefficient (Wildman–Crippen LogP) is 3.21. The summed E-state index contributed by atoms with van der Waals surface area (Å²) in [6.45, 7) is 0.00785. The number of hydrogen-bond donors (Lipinski definition) is 2. The molecule has 3 aromatic carbocycles. The van der Waals surface area contributed by atoms with E-state index in [-0.39, 0.29) is 43.8 Å². The van der Waals surface area contributed by atoms with Crippen molar-refractivity contribution in [2.24, 2.45) is 0 Å². The Hall–Kier alpha value is -4.28. The van der Waals surface area contributed by atoms with Gasteiger partial charge >= 0.3 is 5.97 Å². The Morgan fingerprint density at radius 2 is 1.61 bits per heavy atom. The molecule has 2 aliphatic rings. The van der Waals surface area contributed by atoms with Crippen LogP contribution < -0.4 is 14.8 Å². The number of β-lactam (4-membered cyclic amide) rings is 1. The van der Waals surface area contributed by atoms with Gasteiger partial charge in [0.15, 0.2) is 0 Å². The third-order valence-electron chi connectivity index (χ3n) is 6.81. The summed E-state index contributed by atoms with van der Waals surface area (Å²) < 4.78 is 16.7. The molecule has 0 radical (unpaired) electrons.